The number of benzene rings is 4. The van der Waals surface area contributed by atoms with E-state index in [1.165, 1.54) is 21.5 Å². The molecular weight excluding hydrogens is 268 g/mol. The van der Waals surface area contributed by atoms with E-state index < -0.39 is 0 Å². The van der Waals surface area contributed by atoms with Crippen molar-refractivity contribution in [1.82, 2.24) is 0 Å². The lowest BCUT2D eigenvalue weighted by molar-refractivity contribution is 0.493. The second-order valence-corrected chi connectivity index (χ2v) is 5.56. The van der Waals surface area contributed by atoms with Crippen molar-refractivity contribution in [3.8, 4) is 11.5 Å². The SMILES string of the molecule is Clc1ccc2c3c1ccc1ccc4cccc(c4c13)O2. The standard InChI is InChI=1S/C18H9ClO/c19-13-8-9-15-18-12(13)7-6-11-5-4-10-2-1-3-14(20-15)16(10)17(11)18/h1-9H. The van der Waals surface area contributed by atoms with Gasteiger partial charge in [0, 0.05) is 26.6 Å². The highest BCUT2D eigenvalue weighted by atomic mass is 35.5. The molecule has 4 aromatic carbocycles. The van der Waals surface area contributed by atoms with E-state index in [-0.39, 0.29) is 0 Å². The number of hydrogen-bond acceptors (Lipinski definition) is 1. The molecular formula is C18H9ClO. The normalized spacial score (nSPS) is 12.7. The fraction of sp³-hybridized carbons (Fsp3) is 0. The van der Waals surface area contributed by atoms with Crippen LogP contribution in [0.5, 0.6) is 11.5 Å². The summed E-state index contributed by atoms with van der Waals surface area (Å²) in [6.45, 7) is 0. The van der Waals surface area contributed by atoms with E-state index in [0.717, 1.165) is 27.3 Å². The van der Waals surface area contributed by atoms with E-state index in [2.05, 4.69) is 30.3 Å². The molecule has 0 saturated carbocycles. The van der Waals surface area contributed by atoms with Gasteiger partial charge >= 0.3 is 0 Å². The highest BCUT2D eigenvalue weighted by Gasteiger charge is 2.19. The second kappa shape index (κ2) is 3.44. The monoisotopic (exact) mass is 276 g/mol. The van der Waals surface area contributed by atoms with E-state index in [4.69, 9.17) is 16.3 Å². The highest BCUT2D eigenvalue weighted by Crippen LogP contribution is 2.47. The van der Waals surface area contributed by atoms with Gasteiger partial charge in [0.15, 0.2) is 0 Å². The third-order valence-corrected chi connectivity index (χ3v) is 4.42. The van der Waals surface area contributed by atoms with Gasteiger partial charge in [0.05, 0.1) is 0 Å². The van der Waals surface area contributed by atoms with Gasteiger partial charge in [0.1, 0.15) is 11.5 Å². The molecule has 0 amide bonds. The van der Waals surface area contributed by atoms with Crippen molar-refractivity contribution in [2.75, 3.05) is 0 Å². The summed E-state index contributed by atoms with van der Waals surface area (Å²) in [7, 11) is 0. The van der Waals surface area contributed by atoms with Crippen LogP contribution in [0.4, 0.5) is 0 Å². The van der Waals surface area contributed by atoms with Gasteiger partial charge in [-0.1, -0.05) is 48.0 Å². The first-order valence-corrected chi connectivity index (χ1v) is 6.95. The molecule has 0 atom stereocenters. The lowest BCUT2D eigenvalue weighted by Gasteiger charge is -2.20. The van der Waals surface area contributed by atoms with Crippen molar-refractivity contribution < 1.29 is 4.74 Å². The van der Waals surface area contributed by atoms with Crippen molar-refractivity contribution in [3.05, 3.63) is 59.6 Å². The molecule has 0 spiro atoms. The number of ether oxygens (including phenoxy) is 1. The molecule has 5 rings (SSSR count). The van der Waals surface area contributed by atoms with Crippen molar-refractivity contribution >= 4 is 43.9 Å². The minimum atomic E-state index is 0.769. The number of halogens is 1. The van der Waals surface area contributed by atoms with E-state index >= 15 is 0 Å². The molecule has 20 heavy (non-hydrogen) atoms. The summed E-state index contributed by atoms with van der Waals surface area (Å²) >= 11 is 6.35. The molecule has 0 aromatic heterocycles. The van der Waals surface area contributed by atoms with Crippen molar-refractivity contribution in [3.63, 3.8) is 0 Å². The van der Waals surface area contributed by atoms with Crippen LogP contribution in [0.2, 0.25) is 5.02 Å². The molecule has 1 heterocycles. The van der Waals surface area contributed by atoms with Crippen molar-refractivity contribution in [1.29, 1.82) is 0 Å². The molecule has 2 heteroatoms. The van der Waals surface area contributed by atoms with Gasteiger partial charge in [-0.05, 0) is 29.0 Å². The Morgan fingerprint density at radius 3 is 2.30 bits per heavy atom. The third-order valence-electron chi connectivity index (χ3n) is 4.09. The summed E-state index contributed by atoms with van der Waals surface area (Å²) in [5, 5.41) is 7.81. The lowest BCUT2D eigenvalue weighted by atomic mass is 9.94. The molecule has 0 bridgehead atoms. The summed E-state index contributed by atoms with van der Waals surface area (Å²) < 4.78 is 6.08. The first kappa shape index (κ1) is 10.5. The highest BCUT2D eigenvalue weighted by molar-refractivity contribution is 6.38. The van der Waals surface area contributed by atoms with Gasteiger partial charge in [-0.15, -0.1) is 0 Å². The van der Waals surface area contributed by atoms with Crippen LogP contribution in [0.1, 0.15) is 0 Å². The predicted molar refractivity (Wildman–Crippen MR) is 84.0 cm³/mol. The maximum Gasteiger partial charge on any atom is 0.136 e. The molecule has 1 aliphatic rings. The van der Waals surface area contributed by atoms with Gasteiger partial charge in [0.25, 0.3) is 0 Å². The van der Waals surface area contributed by atoms with E-state index in [1.807, 2.05) is 24.3 Å². The second-order valence-electron chi connectivity index (χ2n) is 5.15. The molecule has 0 saturated heterocycles. The smallest absolute Gasteiger partial charge is 0.136 e. The molecule has 0 aliphatic carbocycles. The largest absolute Gasteiger partial charge is 0.456 e. The van der Waals surface area contributed by atoms with Crippen LogP contribution in [-0.4, -0.2) is 0 Å². The zero-order chi connectivity index (χ0) is 13.3. The minimum absolute atomic E-state index is 0.769. The molecule has 0 N–H and O–H groups in total. The van der Waals surface area contributed by atoms with Gasteiger partial charge in [-0.2, -0.15) is 0 Å². The summed E-state index contributed by atoms with van der Waals surface area (Å²) in [5.74, 6) is 1.82. The summed E-state index contributed by atoms with van der Waals surface area (Å²) in [6.07, 6.45) is 0. The average molecular weight is 277 g/mol. The Morgan fingerprint density at radius 2 is 1.40 bits per heavy atom. The van der Waals surface area contributed by atoms with Crippen LogP contribution in [0.25, 0.3) is 32.3 Å². The Morgan fingerprint density at radius 1 is 0.650 bits per heavy atom. The maximum absolute atomic E-state index is 6.35. The predicted octanol–water partition coefficient (Wildman–Crippen LogP) is 5.91. The van der Waals surface area contributed by atoms with Gasteiger partial charge in [-0.3, -0.25) is 0 Å². The van der Waals surface area contributed by atoms with Crippen molar-refractivity contribution in [2.24, 2.45) is 0 Å². The zero-order valence-electron chi connectivity index (χ0n) is 10.5. The summed E-state index contributed by atoms with van der Waals surface area (Å²) in [4.78, 5) is 0. The fourth-order valence-electron chi connectivity index (χ4n) is 3.23. The topological polar surface area (TPSA) is 9.23 Å². The molecule has 0 fully saturated rings. The minimum Gasteiger partial charge on any atom is -0.456 e. The van der Waals surface area contributed by atoms with E-state index in [9.17, 15) is 0 Å². The van der Waals surface area contributed by atoms with Crippen LogP contribution < -0.4 is 4.74 Å². The molecule has 94 valence electrons. The van der Waals surface area contributed by atoms with Crippen LogP contribution in [0, 0.1) is 0 Å². The Hall–Kier alpha value is -2.25. The molecule has 0 radical (unpaired) electrons. The number of hydrogen-bond donors (Lipinski definition) is 0. The fourth-order valence-corrected chi connectivity index (χ4v) is 3.45. The van der Waals surface area contributed by atoms with E-state index in [1.54, 1.807) is 0 Å². The first-order chi connectivity index (χ1) is 9.83. The van der Waals surface area contributed by atoms with Crippen molar-refractivity contribution in [2.45, 2.75) is 0 Å². The van der Waals surface area contributed by atoms with E-state index in [0.29, 0.717) is 0 Å². The van der Waals surface area contributed by atoms with Crippen LogP contribution in [0.15, 0.2) is 54.6 Å². The van der Waals surface area contributed by atoms with Gasteiger partial charge < -0.3 is 4.74 Å². The molecule has 1 aliphatic heterocycles. The lowest BCUT2D eigenvalue weighted by Crippen LogP contribution is -1.95. The number of rotatable bonds is 0. The molecule has 0 unspecified atom stereocenters. The Bertz CT molecular complexity index is 1030. The Labute approximate surface area is 120 Å². The van der Waals surface area contributed by atoms with Gasteiger partial charge in [-0.25, -0.2) is 0 Å². The quantitative estimate of drug-likeness (QED) is 0.320. The third kappa shape index (κ3) is 1.14. The maximum atomic E-state index is 6.35. The van der Waals surface area contributed by atoms with Crippen LogP contribution in [0.3, 0.4) is 0 Å². The average Bonchev–Trinajstić information content (AvgIpc) is 2.49. The summed E-state index contributed by atoms with van der Waals surface area (Å²) in [5.41, 5.74) is 0. The van der Waals surface area contributed by atoms with Crippen LogP contribution >= 0.6 is 11.6 Å². The first-order valence-electron chi connectivity index (χ1n) is 6.57. The van der Waals surface area contributed by atoms with Gasteiger partial charge in [0.2, 0.25) is 0 Å². The Kier molecular flexibility index (Phi) is 1.81. The summed E-state index contributed by atoms with van der Waals surface area (Å²) in [6, 6.07) is 18.6. The molecule has 1 nitrogen and oxygen atoms in total. The Balaban J connectivity index is 2.24. The molecule has 4 aromatic rings. The zero-order valence-corrected chi connectivity index (χ0v) is 11.2. The van der Waals surface area contributed by atoms with Crippen LogP contribution in [-0.2, 0) is 0 Å².